The van der Waals surface area contributed by atoms with Crippen molar-refractivity contribution in [2.75, 3.05) is 14.2 Å². The summed E-state index contributed by atoms with van der Waals surface area (Å²) in [6.45, 7) is 4.21. The van der Waals surface area contributed by atoms with Crippen LogP contribution in [-0.4, -0.2) is 26.4 Å². The highest BCUT2D eigenvalue weighted by molar-refractivity contribution is 4.66. The van der Waals surface area contributed by atoms with Gasteiger partial charge in [-0.2, -0.15) is 0 Å². The van der Waals surface area contributed by atoms with Crippen LogP contribution < -0.4 is 0 Å². The van der Waals surface area contributed by atoms with Crippen LogP contribution in [0.5, 0.6) is 0 Å². The van der Waals surface area contributed by atoms with E-state index in [1.807, 2.05) is 0 Å². The Morgan fingerprint density at radius 2 is 1.20 bits per heavy atom. The van der Waals surface area contributed by atoms with Gasteiger partial charge in [-0.3, -0.25) is 0 Å². The van der Waals surface area contributed by atoms with Crippen LogP contribution in [0.1, 0.15) is 26.7 Å². The fourth-order valence-corrected chi connectivity index (χ4v) is 1.16. The van der Waals surface area contributed by atoms with Gasteiger partial charge in [0.15, 0.2) is 0 Å². The van der Waals surface area contributed by atoms with Gasteiger partial charge in [-0.25, -0.2) is 0 Å². The van der Waals surface area contributed by atoms with Gasteiger partial charge in [-0.1, -0.05) is 13.8 Å². The van der Waals surface area contributed by atoms with Crippen molar-refractivity contribution in [3.8, 4) is 0 Å². The number of hydrogen-bond donors (Lipinski definition) is 0. The van der Waals surface area contributed by atoms with Crippen LogP contribution in [0.15, 0.2) is 0 Å². The zero-order valence-corrected chi connectivity index (χ0v) is 7.39. The van der Waals surface area contributed by atoms with E-state index in [1.54, 1.807) is 14.2 Å². The lowest BCUT2D eigenvalue weighted by molar-refractivity contribution is -0.0385. The van der Waals surface area contributed by atoms with E-state index in [4.69, 9.17) is 9.47 Å². The third kappa shape index (κ3) is 2.67. The second kappa shape index (κ2) is 5.69. The first-order valence-electron chi connectivity index (χ1n) is 3.85. The van der Waals surface area contributed by atoms with Crippen molar-refractivity contribution in [1.29, 1.82) is 0 Å². The standard InChI is InChI=1S/C8H18O2/c1-5-7(9-3)8(6-2)10-4/h7-8H,5-6H2,1-4H3. The fourth-order valence-electron chi connectivity index (χ4n) is 1.16. The Bertz CT molecular complexity index is 55.7. The molecule has 0 saturated heterocycles. The van der Waals surface area contributed by atoms with Crippen LogP contribution in [0.2, 0.25) is 0 Å². The summed E-state index contributed by atoms with van der Waals surface area (Å²) >= 11 is 0. The molecule has 0 aliphatic carbocycles. The summed E-state index contributed by atoms with van der Waals surface area (Å²) in [4.78, 5) is 0. The van der Waals surface area contributed by atoms with Crippen molar-refractivity contribution >= 4 is 0 Å². The molecule has 2 nitrogen and oxygen atoms in total. The third-order valence-electron chi connectivity index (χ3n) is 1.82. The Morgan fingerprint density at radius 1 is 0.900 bits per heavy atom. The molecule has 0 spiro atoms. The Morgan fingerprint density at radius 3 is 1.30 bits per heavy atom. The van der Waals surface area contributed by atoms with Crippen molar-refractivity contribution in [3.63, 3.8) is 0 Å². The van der Waals surface area contributed by atoms with E-state index >= 15 is 0 Å². The van der Waals surface area contributed by atoms with Gasteiger partial charge in [-0.05, 0) is 12.8 Å². The Labute approximate surface area is 63.5 Å². The normalized spacial score (nSPS) is 16.8. The lowest BCUT2D eigenvalue weighted by Gasteiger charge is -2.21. The van der Waals surface area contributed by atoms with Crippen LogP contribution in [0.4, 0.5) is 0 Å². The minimum absolute atomic E-state index is 0.259. The predicted molar refractivity (Wildman–Crippen MR) is 42.2 cm³/mol. The van der Waals surface area contributed by atoms with E-state index in [1.165, 1.54) is 0 Å². The van der Waals surface area contributed by atoms with E-state index < -0.39 is 0 Å². The highest BCUT2D eigenvalue weighted by atomic mass is 16.5. The van der Waals surface area contributed by atoms with Crippen molar-refractivity contribution in [2.45, 2.75) is 38.9 Å². The molecule has 0 rings (SSSR count). The van der Waals surface area contributed by atoms with E-state index in [0.29, 0.717) is 0 Å². The van der Waals surface area contributed by atoms with Gasteiger partial charge in [0.2, 0.25) is 0 Å². The van der Waals surface area contributed by atoms with Crippen molar-refractivity contribution in [3.05, 3.63) is 0 Å². The summed E-state index contributed by atoms with van der Waals surface area (Å²) in [5, 5.41) is 0. The smallest absolute Gasteiger partial charge is 0.0830 e. The molecule has 0 saturated carbocycles. The second-order valence-corrected chi connectivity index (χ2v) is 2.36. The molecule has 0 aromatic carbocycles. The molecule has 0 heterocycles. The summed E-state index contributed by atoms with van der Waals surface area (Å²) in [5.41, 5.74) is 0. The SMILES string of the molecule is CCC(OC)C(CC)OC. The van der Waals surface area contributed by atoms with Crippen molar-refractivity contribution < 1.29 is 9.47 Å². The predicted octanol–water partition coefficient (Wildman–Crippen LogP) is 1.84. The first-order chi connectivity index (χ1) is 4.79. The molecule has 0 bridgehead atoms. The van der Waals surface area contributed by atoms with Gasteiger partial charge in [0, 0.05) is 14.2 Å². The molecule has 62 valence electrons. The molecule has 0 amide bonds. The molecule has 0 aromatic rings. The minimum Gasteiger partial charge on any atom is -0.379 e. The molecule has 0 aromatic heterocycles. The third-order valence-corrected chi connectivity index (χ3v) is 1.82. The molecule has 0 radical (unpaired) electrons. The first kappa shape index (κ1) is 9.92. The zero-order chi connectivity index (χ0) is 7.98. The summed E-state index contributed by atoms with van der Waals surface area (Å²) in [7, 11) is 3.46. The van der Waals surface area contributed by atoms with Gasteiger partial charge in [0.25, 0.3) is 0 Å². The van der Waals surface area contributed by atoms with Crippen LogP contribution in [0, 0.1) is 0 Å². The Kier molecular flexibility index (Phi) is 5.64. The second-order valence-electron chi connectivity index (χ2n) is 2.36. The summed E-state index contributed by atoms with van der Waals surface area (Å²) in [6.07, 6.45) is 2.55. The first-order valence-corrected chi connectivity index (χ1v) is 3.85. The van der Waals surface area contributed by atoms with Crippen LogP contribution in [-0.2, 0) is 9.47 Å². The van der Waals surface area contributed by atoms with E-state index in [0.717, 1.165) is 12.8 Å². The van der Waals surface area contributed by atoms with E-state index in [2.05, 4.69) is 13.8 Å². The molecule has 2 atom stereocenters. The lowest BCUT2D eigenvalue weighted by atomic mass is 10.1. The van der Waals surface area contributed by atoms with Gasteiger partial charge < -0.3 is 9.47 Å². The van der Waals surface area contributed by atoms with Crippen molar-refractivity contribution in [1.82, 2.24) is 0 Å². The van der Waals surface area contributed by atoms with Crippen LogP contribution >= 0.6 is 0 Å². The zero-order valence-electron chi connectivity index (χ0n) is 7.39. The summed E-state index contributed by atoms with van der Waals surface area (Å²) in [6, 6.07) is 0. The Balaban J connectivity index is 3.70. The average Bonchev–Trinajstić information content (AvgIpc) is 2.00. The molecule has 10 heavy (non-hydrogen) atoms. The van der Waals surface area contributed by atoms with Gasteiger partial charge in [-0.15, -0.1) is 0 Å². The molecule has 0 fully saturated rings. The maximum absolute atomic E-state index is 5.22. The van der Waals surface area contributed by atoms with Crippen molar-refractivity contribution in [2.24, 2.45) is 0 Å². The topological polar surface area (TPSA) is 18.5 Å². The quantitative estimate of drug-likeness (QED) is 0.589. The number of hydrogen-bond acceptors (Lipinski definition) is 2. The lowest BCUT2D eigenvalue weighted by Crippen LogP contribution is -2.28. The molecule has 0 aliphatic heterocycles. The van der Waals surface area contributed by atoms with Crippen LogP contribution in [0.3, 0.4) is 0 Å². The molecule has 2 heteroatoms. The number of ether oxygens (including phenoxy) is 2. The van der Waals surface area contributed by atoms with Gasteiger partial charge in [0.05, 0.1) is 12.2 Å². The largest absolute Gasteiger partial charge is 0.379 e. The van der Waals surface area contributed by atoms with Gasteiger partial charge in [0.1, 0.15) is 0 Å². The Hall–Kier alpha value is -0.0800. The number of methoxy groups -OCH3 is 2. The summed E-state index contributed by atoms with van der Waals surface area (Å²) in [5.74, 6) is 0. The molecular formula is C8H18O2. The number of rotatable bonds is 5. The molecular weight excluding hydrogens is 128 g/mol. The molecule has 0 N–H and O–H groups in total. The van der Waals surface area contributed by atoms with Crippen LogP contribution in [0.25, 0.3) is 0 Å². The highest BCUT2D eigenvalue weighted by Crippen LogP contribution is 2.09. The molecule has 2 unspecified atom stereocenters. The summed E-state index contributed by atoms with van der Waals surface area (Å²) < 4.78 is 10.4. The van der Waals surface area contributed by atoms with E-state index in [-0.39, 0.29) is 12.2 Å². The highest BCUT2D eigenvalue weighted by Gasteiger charge is 2.15. The van der Waals surface area contributed by atoms with E-state index in [9.17, 15) is 0 Å². The fraction of sp³-hybridized carbons (Fsp3) is 1.00. The maximum atomic E-state index is 5.22. The monoisotopic (exact) mass is 146 g/mol. The maximum Gasteiger partial charge on any atom is 0.0830 e. The minimum atomic E-state index is 0.259. The average molecular weight is 146 g/mol. The molecule has 0 aliphatic rings. The van der Waals surface area contributed by atoms with Gasteiger partial charge >= 0.3 is 0 Å².